The molecule has 1 amide bonds. The van der Waals surface area contributed by atoms with Crippen LogP contribution < -0.4 is 21.7 Å². The molecule has 2 aliphatic carbocycles. The van der Waals surface area contributed by atoms with E-state index in [1.165, 1.54) is 32.1 Å². The van der Waals surface area contributed by atoms with Gasteiger partial charge in [-0.15, -0.1) is 24.8 Å². The molecule has 10 heteroatoms. The summed E-state index contributed by atoms with van der Waals surface area (Å²) in [6.07, 6.45) is 11.6. The first-order chi connectivity index (χ1) is 16.0. The number of hydrogen-bond donors (Lipinski definition) is 5. The van der Waals surface area contributed by atoms with Gasteiger partial charge in [-0.2, -0.15) is 0 Å². The number of guanidine groups is 1. The summed E-state index contributed by atoms with van der Waals surface area (Å²) in [4.78, 5) is 22.2. The molecule has 0 saturated heterocycles. The minimum Gasteiger partial charge on any atom is -0.370 e. The summed E-state index contributed by atoms with van der Waals surface area (Å²) in [7, 11) is 0. The molecule has 0 unspecified atom stereocenters. The molecule has 1 aromatic carbocycles. The Morgan fingerprint density at radius 1 is 1.03 bits per heavy atom. The zero-order valence-electron chi connectivity index (χ0n) is 20.4. The lowest BCUT2D eigenvalue weighted by Crippen LogP contribution is -2.50. The summed E-state index contributed by atoms with van der Waals surface area (Å²) in [5, 5.41) is 18.2. The fourth-order valence-corrected chi connectivity index (χ4v) is 5.25. The summed E-state index contributed by atoms with van der Waals surface area (Å²) in [5.41, 5.74) is 7.48. The van der Waals surface area contributed by atoms with Crippen molar-refractivity contribution in [3.8, 4) is 0 Å². The zero-order chi connectivity index (χ0) is 23.2. The van der Waals surface area contributed by atoms with Gasteiger partial charge in [0.1, 0.15) is 5.82 Å². The predicted molar refractivity (Wildman–Crippen MR) is 147 cm³/mol. The number of carbonyl (C=O) groups excluding carboxylic acids is 1. The minimum absolute atomic E-state index is 0. The summed E-state index contributed by atoms with van der Waals surface area (Å²) in [6.45, 7) is 2.70. The number of nitrogens with one attached hydrogen (secondary N) is 4. The molecule has 2 fully saturated rings. The number of fused-ring (bicyclic) bond motifs is 1. The topological polar surface area (TPSA) is 129 Å². The van der Waals surface area contributed by atoms with E-state index in [0.29, 0.717) is 18.3 Å². The van der Waals surface area contributed by atoms with Gasteiger partial charge in [-0.05, 0) is 44.2 Å². The quantitative estimate of drug-likeness (QED) is 0.264. The van der Waals surface area contributed by atoms with Crippen molar-refractivity contribution in [2.45, 2.75) is 83.2 Å². The number of aryl methyl sites for hydroxylation is 1. The molecule has 6 N–H and O–H groups in total. The number of rotatable bonds is 7. The highest BCUT2D eigenvalue weighted by Gasteiger charge is 2.27. The Bertz CT molecular complexity index is 997. The number of benzene rings is 1. The third-order valence-corrected chi connectivity index (χ3v) is 7.05. The van der Waals surface area contributed by atoms with Gasteiger partial charge in [0.15, 0.2) is 5.96 Å². The number of amides is 1. The second-order valence-corrected chi connectivity index (χ2v) is 9.66. The first kappa shape index (κ1) is 28.9. The molecule has 0 bridgehead atoms. The van der Waals surface area contributed by atoms with E-state index in [1.807, 2.05) is 19.1 Å². The van der Waals surface area contributed by atoms with Gasteiger partial charge in [0.05, 0.1) is 5.52 Å². The summed E-state index contributed by atoms with van der Waals surface area (Å²) in [5.74, 6) is 1.34. The monoisotopic (exact) mass is 523 g/mol. The van der Waals surface area contributed by atoms with Crippen LogP contribution in [0.1, 0.15) is 80.4 Å². The number of hydrogen-bond acceptors (Lipinski definition) is 5. The molecule has 2 atom stereocenters. The Kier molecular flexibility index (Phi) is 11.3. The molecule has 1 aromatic heterocycles. The lowest BCUT2D eigenvalue weighted by atomic mass is 9.87. The van der Waals surface area contributed by atoms with Crippen molar-refractivity contribution in [3.05, 3.63) is 29.6 Å². The summed E-state index contributed by atoms with van der Waals surface area (Å²) in [6, 6.07) is 6.13. The first-order valence-corrected chi connectivity index (χ1v) is 12.4. The van der Waals surface area contributed by atoms with Crippen molar-refractivity contribution >= 4 is 53.4 Å². The maximum absolute atomic E-state index is 12.9. The molecule has 0 spiro atoms. The molecule has 2 saturated carbocycles. The number of carbonyl (C=O) groups is 1. The Balaban J connectivity index is 0.00000216. The second kappa shape index (κ2) is 13.7. The van der Waals surface area contributed by atoms with E-state index in [0.717, 1.165) is 48.6 Å². The van der Waals surface area contributed by atoms with Crippen molar-refractivity contribution in [3.63, 3.8) is 0 Å². The smallest absolute Gasteiger partial charge is 0.289 e. The van der Waals surface area contributed by atoms with Gasteiger partial charge in [-0.25, -0.2) is 9.97 Å². The minimum atomic E-state index is -0.224. The van der Waals surface area contributed by atoms with Gasteiger partial charge in [0.2, 0.25) is 5.82 Å². The molecule has 194 valence electrons. The number of nitrogens with zero attached hydrogens (tertiary/aromatic N) is 2. The van der Waals surface area contributed by atoms with Crippen LogP contribution in [0.2, 0.25) is 0 Å². The summed E-state index contributed by atoms with van der Waals surface area (Å²) >= 11 is 0. The predicted octanol–water partition coefficient (Wildman–Crippen LogP) is 4.69. The van der Waals surface area contributed by atoms with E-state index in [1.54, 1.807) is 0 Å². The third-order valence-electron chi connectivity index (χ3n) is 7.05. The largest absolute Gasteiger partial charge is 0.370 e. The standard InChI is InChI=1S/C25H37N7O.2ClH/c1-16-11-12-19-18(15-16)22(30-20-9-5-6-10-21(20)31-25(26)27)32-23(29-19)24(33)28-14-13-17-7-3-2-4-8-17;;/h11-12,15,17,20-21H,2-10,13-14H2,1H3,(H,28,33)(H4,26,27,31)(H,29,30,32);2*1H/t20-,21+;;/m0../s1. The average molecular weight is 525 g/mol. The van der Waals surface area contributed by atoms with E-state index in [-0.39, 0.29) is 54.6 Å². The molecule has 8 nitrogen and oxygen atoms in total. The van der Waals surface area contributed by atoms with Crippen LogP contribution >= 0.6 is 24.8 Å². The molecule has 1 heterocycles. The molecule has 0 radical (unpaired) electrons. The first-order valence-electron chi connectivity index (χ1n) is 12.4. The van der Waals surface area contributed by atoms with Crippen LogP contribution in [0.15, 0.2) is 18.2 Å². The van der Waals surface area contributed by atoms with Gasteiger partial charge in [0.25, 0.3) is 5.91 Å². The highest BCUT2D eigenvalue weighted by atomic mass is 35.5. The van der Waals surface area contributed by atoms with Crippen LogP contribution in [0, 0.1) is 18.3 Å². The van der Waals surface area contributed by atoms with Crippen molar-refractivity contribution in [1.29, 1.82) is 5.41 Å². The fraction of sp³-hybridized carbons (Fsp3) is 0.600. The van der Waals surface area contributed by atoms with Crippen LogP contribution in [-0.2, 0) is 0 Å². The molecule has 2 aliphatic rings. The Morgan fingerprint density at radius 2 is 1.71 bits per heavy atom. The van der Waals surface area contributed by atoms with Crippen LogP contribution in [0.4, 0.5) is 5.82 Å². The van der Waals surface area contributed by atoms with E-state index < -0.39 is 0 Å². The maximum atomic E-state index is 12.9. The highest BCUT2D eigenvalue weighted by Crippen LogP contribution is 2.28. The van der Waals surface area contributed by atoms with Crippen LogP contribution in [-0.4, -0.2) is 40.5 Å². The van der Waals surface area contributed by atoms with Crippen LogP contribution in [0.5, 0.6) is 0 Å². The Labute approximate surface area is 220 Å². The van der Waals surface area contributed by atoms with Crippen molar-refractivity contribution < 1.29 is 4.79 Å². The normalized spacial score (nSPS) is 20.3. The van der Waals surface area contributed by atoms with Crippen molar-refractivity contribution in [2.24, 2.45) is 11.7 Å². The van der Waals surface area contributed by atoms with E-state index >= 15 is 0 Å². The van der Waals surface area contributed by atoms with Crippen molar-refractivity contribution in [1.82, 2.24) is 20.6 Å². The number of anilines is 1. The SMILES string of the molecule is Cc1ccc2nc(C(=O)NCCC3CCCCC3)nc(N[C@H]3CCCC[C@H]3NC(=N)N)c2c1.Cl.Cl. The van der Waals surface area contributed by atoms with Gasteiger partial charge in [-0.1, -0.05) is 56.6 Å². The van der Waals surface area contributed by atoms with Gasteiger partial charge in [-0.3, -0.25) is 10.2 Å². The van der Waals surface area contributed by atoms with Crippen LogP contribution in [0.3, 0.4) is 0 Å². The van der Waals surface area contributed by atoms with E-state index in [2.05, 4.69) is 32.0 Å². The van der Waals surface area contributed by atoms with Gasteiger partial charge in [0, 0.05) is 24.0 Å². The average Bonchev–Trinajstić information content (AvgIpc) is 2.81. The van der Waals surface area contributed by atoms with Crippen LogP contribution in [0.25, 0.3) is 10.9 Å². The Hall–Kier alpha value is -2.32. The molecular formula is C25H39Cl2N7O. The molecular weight excluding hydrogens is 485 g/mol. The lowest BCUT2D eigenvalue weighted by Gasteiger charge is -2.33. The highest BCUT2D eigenvalue weighted by molar-refractivity contribution is 5.96. The zero-order valence-corrected chi connectivity index (χ0v) is 22.1. The Morgan fingerprint density at radius 3 is 2.43 bits per heavy atom. The van der Waals surface area contributed by atoms with E-state index in [4.69, 9.17) is 11.1 Å². The summed E-state index contributed by atoms with van der Waals surface area (Å²) < 4.78 is 0. The number of nitrogens with two attached hydrogens (primary N) is 1. The lowest BCUT2D eigenvalue weighted by molar-refractivity contribution is 0.0940. The molecule has 2 aromatic rings. The molecule has 35 heavy (non-hydrogen) atoms. The van der Waals surface area contributed by atoms with Gasteiger partial charge < -0.3 is 21.7 Å². The van der Waals surface area contributed by atoms with Crippen molar-refractivity contribution in [2.75, 3.05) is 11.9 Å². The van der Waals surface area contributed by atoms with Gasteiger partial charge >= 0.3 is 0 Å². The number of halogens is 2. The maximum Gasteiger partial charge on any atom is 0.289 e. The third kappa shape index (κ3) is 7.84. The fourth-order valence-electron chi connectivity index (χ4n) is 5.25. The van der Waals surface area contributed by atoms with E-state index in [9.17, 15) is 4.79 Å². The second-order valence-electron chi connectivity index (χ2n) is 9.66. The molecule has 4 rings (SSSR count). The molecule has 0 aliphatic heterocycles. The number of aromatic nitrogens is 2.